The summed E-state index contributed by atoms with van der Waals surface area (Å²) in [6, 6.07) is 0.791. The molecule has 1 aromatic rings. The molecule has 0 aliphatic rings. The Morgan fingerprint density at radius 2 is 2.11 bits per heavy atom. The molecule has 0 unspecified atom stereocenters. The highest BCUT2D eigenvalue weighted by Crippen LogP contribution is 2.30. The zero-order valence-electron chi connectivity index (χ0n) is 10.8. The van der Waals surface area contributed by atoms with Gasteiger partial charge in [-0.1, -0.05) is 5.57 Å². The van der Waals surface area contributed by atoms with Crippen LogP contribution in [0.25, 0.3) is 0 Å². The molecule has 0 saturated heterocycles. The third kappa shape index (κ3) is 5.15. The van der Waals surface area contributed by atoms with Crippen LogP contribution >= 0.6 is 0 Å². The highest BCUT2D eigenvalue weighted by atomic mass is 19.4. The summed E-state index contributed by atoms with van der Waals surface area (Å²) in [7, 11) is 0. The van der Waals surface area contributed by atoms with Crippen molar-refractivity contribution in [3.05, 3.63) is 23.9 Å². The van der Waals surface area contributed by atoms with Gasteiger partial charge in [-0.05, 0) is 13.8 Å². The minimum atomic E-state index is -4.53. The number of aromatic nitrogens is 2. The Labute approximate surface area is 109 Å². The third-order valence-electron chi connectivity index (χ3n) is 2.11. The maximum Gasteiger partial charge on any atom is 0.433 e. The molecular weight excluding hydrogens is 259 g/mol. The van der Waals surface area contributed by atoms with Gasteiger partial charge in [-0.25, -0.2) is 4.98 Å². The molecule has 0 aliphatic heterocycles. The average Bonchev–Trinajstić information content (AvgIpc) is 2.27. The number of nitrogens with one attached hydrogen (secondary N) is 1. The molecule has 1 N–H and O–H groups in total. The number of hydrogen-bond donors (Lipinski definition) is 1. The molecule has 106 valence electrons. The number of rotatable bonds is 6. The van der Waals surface area contributed by atoms with Crippen LogP contribution in [0.4, 0.5) is 19.1 Å². The van der Waals surface area contributed by atoms with Crippen molar-refractivity contribution < 1.29 is 17.9 Å². The Balaban J connectivity index is 2.90. The van der Waals surface area contributed by atoms with Crippen LogP contribution in [-0.2, 0) is 6.18 Å². The van der Waals surface area contributed by atoms with Crippen LogP contribution in [0, 0.1) is 0 Å². The molecule has 0 saturated carbocycles. The van der Waals surface area contributed by atoms with E-state index in [0.717, 1.165) is 11.6 Å². The van der Waals surface area contributed by atoms with Crippen LogP contribution in [0.5, 0.6) is 5.88 Å². The van der Waals surface area contributed by atoms with Gasteiger partial charge in [-0.15, -0.1) is 6.58 Å². The molecule has 7 heteroatoms. The third-order valence-corrected chi connectivity index (χ3v) is 2.11. The fourth-order valence-corrected chi connectivity index (χ4v) is 1.21. The van der Waals surface area contributed by atoms with Crippen LogP contribution in [0.15, 0.2) is 18.2 Å². The molecule has 0 bridgehead atoms. The molecule has 4 nitrogen and oxygen atoms in total. The van der Waals surface area contributed by atoms with E-state index in [4.69, 9.17) is 4.74 Å². The number of alkyl halides is 3. The molecule has 0 amide bonds. The van der Waals surface area contributed by atoms with Gasteiger partial charge in [0.2, 0.25) is 11.8 Å². The van der Waals surface area contributed by atoms with Gasteiger partial charge in [0.15, 0.2) is 5.69 Å². The molecule has 0 aliphatic carbocycles. The summed E-state index contributed by atoms with van der Waals surface area (Å²) < 4.78 is 43.1. The van der Waals surface area contributed by atoms with Crippen LogP contribution in [0.2, 0.25) is 0 Å². The van der Waals surface area contributed by atoms with E-state index < -0.39 is 11.9 Å². The lowest BCUT2D eigenvalue weighted by molar-refractivity contribution is -0.141. The highest BCUT2D eigenvalue weighted by Gasteiger charge is 2.34. The molecule has 0 fully saturated rings. The van der Waals surface area contributed by atoms with E-state index in [0.29, 0.717) is 13.0 Å². The second-order valence-electron chi connectivity index (χ2n) is 4.00. The molecular formula is C12H16F3N3O. The number of ether oxygens (including phenoxy) is 1. The van der Waals surface area contributed by atoms with Crippen LogP contribution in [-0.4, -0.2) is 23.1 Å². The maximum absolute atomic E-state index is 12.7. The van der Waals surface area contributed by atoms with Crippen LogP contribution < -0.4 is 10.1 Å². The molecule has 0 atom stereocenters. The summed E-state index contributed by atoms with van der Waals surface area (Å²) in [4.78, 5) is 7.25. The average molecular weight is 275 g/mol. The van der Waals surface area contributed by atoms with E-state index >= 15 is 0 Å². The van der Waals surface area contributed by atoms with Crippen molar-refractivity contribution in [2.75, 3.05) is 18.5 Å². The van der Waals surface area contributed by atoms with Crippen molar-refractivity contribution >= 4 is 5.95 Å². The first kappa shape index (κ1) is 15.3. The summed E-state index contributed by atoms with van der Waals surface area (Å²) in [5, 5.41) is 2.64. The first-order chi connectivity index (χ1) is 8.82. The van der Waals surface area contributed by atoms with Gasteiger partial charge >= 0.3 is 6.18 Å². The summed E-state index contributed by atoms with van der Waals surface area (Å²) in [5.41, 5.74) is -0.138. The van der Waals surface area contributed by atoms with E-state index in [-0.39, 0.29) is 18.4 Å². The van der Waals surface area contributed by atoms with Crippen molar-refractivity contribution in [2.24, 2.45) is 0 Å². The molecule has 0 aromatic carbocycles. The van der Waals surface area contributed by atoms with E-state index in [1.807, 2.05) is 6.92 Å². The Hall–Kier alpha value is -1.79. The molecule has 0 spiro atoms. The topological polar surface area (TPSA) is 47.0 Å². The molecule has 19 heavy (non-hydrogen) atoms. The Morgan fingerprint density at radius 3 is 2.63 bits per heavy atom. The Bertz CT molecular complexity index is 446. The highest BCUT2D eigenvalue weighted by molar-refractivity contribution is 5.31. The van der Waals surface area contributed by atoms with Gasteiger partial charge in [0.1, 0.15) is 0 Å². The van der Waals surface area contributed by atoms with Gasteiger partial charge in [0, 0.05) is 19.0 Å². The zero-order valence-corrected chi connectivity index (χ0v) is 10.8. The second-order valence-corrected chi connectivity index (χ2v) is 4.00. The van der Waals surface area contributed by atoms with Crippen molar-refractivity contribution in [3.8, 4) is 5.88 Å². The monoisotopic (exact) mass is 275 g/mol. The van der Waals surface area contributed by atoms with Crippen molar-refractivity contribution in [1.82, 2.24) is 9.97 Å². The van der Waals surface area contributed by atoms with Gasteiger partial charge in [0.05, 0.1) is 6.61 Å². The lowest BCUT2D eigenvalue weighted by atomic mass is 10.3. The standard InChI is InChI=1S/C12H16F3N3O/c1-4-16-11-17-9(12(13,14)15)7-10(18-11)19-6-5-8(2)3/h7H,2,4-6H2,1,3H3,(H,16,17,18). The zero-order chi connectivity index (χ0) is 14.5. The normalized spacial score (nSPS) is 11.2. The fourth-order valence-electron chi connectivity index (χ4n) is 1.21. The van der Waals surface area contributed by atoms with E-state index in [1.165, 1.54) is 0 Å². The van der Waals surface area contributed by atoms with Gasteiger partial charge < -0.3 is 10.1 Å². The lowest BCUT2D eigenvalue weighted by Crippen LogP contribution is -2.13. The predicted molar refractivity (Wildman–Crippen MR) is 66.1 cm³/mol. The lowest BCUT2D eigenvalue weighted by Gasteiger charge is -2.11. The molecule has 0 radical (unpaired) electrons. The Morgan fingerprint density at radius 1 is 1.42 bits per heavy atom. The largest absolute Gasteiger partial charge is 0.477 e. The number of nitrogens with zero attached hydrogens (tertiary/aromatic N) is 2. The van der Waals surface area contributed by atoms with E-state index in [2.05, 4.69) is 21.9 Å². The van der Waals surface area contributed by atoms with E-state index in [9.17, 15) is 13.2 Å². The summed E-state index contributed by atoms with van der Waals surface area (Å²) in [5.74, 6) is -0.192. The van der Waals surface area contributed by atoms with Gasteiger partial charge in [0.25, 0.3) is 0 Å². The van der Waals surface area contributed by atoms with Crippen LogP contribution in [0.1, 0.15) is 26.0 Å². The SMILES string of the molecule is C=C(C)CCOc1cc(C(F)(F)F)nc(NCC)n1. The smallest absolute Gasteiger partial charge is 0.433 e. The summed E-state index contributed by atoms with van der Waals surface area (Å²) in [6.45, 7) is 7.89. The quantitative estimate of drug-likeness (QED) is 0.809. The minimum Gasteiger partial charge on any atom is -0.477 e. The summed E-state index contributed by atoms with van der Waals surface area (Å²) >= 11 is 0. The van der Waals surface area contributed by atoms with Crippen LogP contribution in [0.3, 0.4) is 0 Å². The van der Waals surface area contributed by atoms with Crippen molar-refractivity contribution in [3.63, 3.8) is 0 Å². The molecule has 1 aromatic heterocycles. The number of hydrogen-bond acceptors (Lipinski definition) is 4. The van der Waals surface area contributed by atoms with Crippen molar-refractivity contribution in [1.29, 1.82) is 0 Å². The first-order valence-corrected chi connectivity index (χ1v) is 5.80. The molecule has 1 heterocycles. The summed E-state index contributed by atoms with van der Waals surface area (Å²) in [6.07, 6.45) is -3.97. The minimum absolute atomic E-state index is 0.0948. The number of halogens is 3. The maximum atomic E-state index is 12.7. The predicted octanol–water partition coefficient (Wildman–Crippen LogP) is 3.27. The first-order valence-electron chi connectivity index (χ1n) is 5.80. The van der Waals surface area contributed by atoms with Crippen molar-refractivity contribution in [2.45, 2.75) is 26.4 Å². The Kier molecular flexibility index (Phi) is 5.14. The number of anilines is 1. The molecule has 1 rings (SSSR count). The fraction of sp³-hybridized carbons (Fsp3) is 0.500. The van der Waals surface area contributed by atoms with Gasteiger partial charge in [-0.3, -0.25) is 0 Å². The second kappa shape index (κ2) is 6.40. The van der Waals surface area contributed by atoms with E-state index in [1.54, 1.807) is 6.92 Å². The van der Waals surface area contributed by atoms with Gasteiger partial charge in [-0.2, -0.15) is 18.2 Å².